The van der Waals surface area contributed by atoms with Crippen LogP contribution in [0.25, 0.3) is 0 Å². The molecule has 16 nitrogen and oxygen atoms in total. The number of hydrogen-bond donors (Lipinski definition) is 11. The number of aryl methyl sites for hydroxylation is 2. The zero-order valence-corrected chi connectivity index (χ0v) is 84.4. The molecule has 0 saturated heterocycles. The van der Waals surface area contributed by atoms with Crippen LogP contribution < -0.4 is 50.3 Å². The van der Waals surface area contributed by atoms with Crippen LogP contribution in [-0.2, 0) is 64.2 Å². The molecule has 0 aliphatic carbocycles. The summed E-state index contributed by atoms with van der Waals surface area (Å²) in [7, 11) is 8.43. The van der Waals surface area contributed by atoms with E-state index < -0.39 is 0 Å². The smallest absolute Gasteiger partial charge is 0.157 e. The lowest BCUT2D eigenvalue weighted by Gasteiger charge is -2.28. The minimum Gasteiger partial charge on any atom is -0.508 e. The third-order valence-corrected chi connectivity index (χ3v) is 26.4. The molecule has 115 heavy (non-hydrogen) atoms. The molecule has 5 atom stereocenters. The summed E-state index contributed by atoms with van der Waals surface area (Å²) in [6, 6.07) is 52.0. The highest BCUT2D eigenvalue weighted by atomic mass is 127. The molecule has 0 fully saturated rings. The second kappa shape index (κ2) is 47.8. The topological polar surface area (TPSA) is 228 Å². The Morgan fingerprint density at radius 3 is 1.03 bits per heavy atom. The normalized spacial score (nSPS) is 16.4. The van der Waals surface area contributed by atoms with Crippen LogP contribution in [0.4, 0.5) is 0 Å². The first-order chi connectivity index (χ1) is 52.9. The average molecular weight is 2500 g/mol. The van der Waals surface area contributed by atoms with Gasteiger partial charge in [-0.25, -0.2) is 0 Å². The summed E-state index contributed by atoms with van der Waals surface area (Å²) in [4.78, 5) is 0. The third kappa shape index (κ3) is 26.5. The van der Waals surface area contributed by atoms with Gasteiger partial charge in [0.25, 0.3) is 0 Å². The van der Waals surface area contributed by atoms with Crippen LogP contribution >= 0.6 is 225 Å². The molecular formula is C87H97BrCl4I7N5O11. The van der Waals surface area contributed by atoms with Crippen molar-refractivity contribution in [2.75, 3.05) is 68.3 Å². The number of ether oxygens (including phenoxy) is 5. The van der Waals surface area contributed by atoms with Gasteiger partial charge in [-0.05, 0) is 443 Å². The highest BCUT2D eigenvalue weighted by Gasteiger charge is 2.28. The van der Waals surface area contributed by atoms with E-state index in [1.54, 1.807) is 65.9 Å². The average Bonchev–Trinajstić information content (AvgIpc) is 0.790. The van der Waals surface area contributed by atoms with E-state index in [0.29, 0.717) is 23.6 Å². The predicted octanol–water partition coefficient (Wildman–Crippen LogP) is 21.0. The number of methoxy groups -OCH3 is 5. The van der Waals surface area contributed by atoms with Gasteiger partial charge in [0.1, 0.15) is 40.2 Å². The Balaban J connectivity index is 0.000000221. The zero-order valence-electron chi connectivity index (χ0n) is 64.3. The molecule has 0 amide bonds. The van der Waals surface area contributed by atoms with E-state index in [9.17, 15) is 30.6 Å². The van der Waals surface area contributed by atoms with Gasteiger partial charge >= 0.3 is 0 Å². The fourth-order valence-electron chi connectivity index (χ4n) is 15.3. The first kappa shape index (κ1) is 100. The molecule has 5 aliphatic rings. The van der Waals surface area contributed by atoms with E-state index >= 15 is 0 Å². The number of phenolic OH excluding ortho intramolecular Hbond substituents is 6. The van der Waals surface area contributed by atoms with Gasteiger partial charge in [0.15, 0.2) is 23.0 Å². The van der Waals surface area contributed by atoms with Crippen molar-refractivity contribution < 1.29 is 54.3 Å². The van der Waals surface area contributed by atoms with Crippen LogP contribution in [0, 0.1) is 38.8 Å². The number of rotatable bonds is 15. The van der Waals surface area contributed by atoms with Gasteiger partial charge in [-0.15, -0.1) is 66.6 Å². The Morgan fingerprint density at radius 1 is 0.313 bits per heavy atom. The molecule has 10 aromatic rings. The number of nitrogens with one attached hydrogen (secondary N) is 5. The fraction of sp³-hybridized carbons (Fsp3) is 0.310. The lowest BCUT2D eigenvalue weighted by atomic mass is 9.89. The van der Waals surface area contributed by atoms with Crippen molar-refractivity contribution in [1.29, 1.82) is 0 Å². The first-order valence-electron chi connectivity index (χ1n) is 36.4. The maximum absolute atomic E-state index is 9.94. The highest BCUT2D eigenvalue weighted by Crippen LogP contribution is 2.41. The van der Waals surface area contributed by atoms with Crippen molar-refractivity contribution in [3.63, 3.8) is 0 Å². The number of hydrogen-bond acceptors (Lipinski definition) is 16. The Morgan fingerprint density at radius 2 is 0.635 bits per heavy atom. The van der Waals surface area contributed by atoms with Gasteiger partial charge in [0.05, 0.1) is 60.5 Å². The predicted molar refractivity (Wildman–Crippen MR) is 536 cm³/mol. The van der Waals surface area contributed by atoms with Crippen LogP contribution in [0.15, 0.2) is 152 Å². The molecule has 11 N–H and O–H groups in total. The summed E-state index contributed by atoms with van der Waals surface area (Å²) < 4.78 is 34.9. The van der Waals surface area contributed by atoms with Crippen LogP contribution in [0.5, 0.6) is 63.2 Å². The van der Waals surface area contributed by atoms with Crippen molar-refractivity contribution in [1.82, 2.24) is 26.6 Å². The largest absolute Gasteiger partial charge is 0.508 e. The van der Waals surface area contributed by atoms with Gasteiger partial charge in [-0.1, -0.05) is 65.7 Å². The second-order valence-electron chi connectivity index (χ2n) is 27.9. The van der Waals surface area contributed by atoms with E-state index in [1.807, 2.05) is 36.4 Å². The van der Waals surface area contributed by atoms with Crippen molar-refractivity contribution in [2.24, 2.45) is 0 Å². The summed E-state index contributed by atoms with van der Waals surface area (Å²) in [5.41, 5.74) is 21.3. The Hall–Kier alpha value is -3.45. The summed E-state index contributed by atoms with van der Waals surface area (Å²) in [6.07, 6.45) is 9.31. The summed E-state index contributed by atoms with van der Waals surface area (Å²) in [5.74, 6) is 4.92. The monoisotopic (exact) mass is 2490 g/mol. The number of fused-ring (bicyclic) bond motifs is 5. The van der Waals surface area contributed by atoms with Crippen molar-refractivity contribution >= 4 is 225 Å². The lowest BCUT2D eigenvalue weighted by Crippen LogP contribution is -2.31. The molecule has 5 unspecified atom stereocenters. The summed E-state index contributed by atoms with van der Waals surface area (Å²) >= 11 is 16.3. The third-order valence-electron chi connectivity index (χ3n) is 20.4. The highest BCUT2D eigenvalue weighted by molar-refractivity contribution is 14.1. The maximum atomic E-state index is 9.94. The standard InChI is InChI=1S/C18H21NO4.C18H21NO2.C17H16I3NO2.C17H17I2NO2.C17H17I2NO.BrH.4ClH/c1-22-13-5-11(6-14(9-13)23-2)7-16-15-10-18(21)17(20)8-12(15)3-4-19-16;1-11-5-12(2)7-13(6-11)8-16-15-10-18(21)17(20)9-14(15)3-4-19-16;1-23-17-12(18)6-9(7-13(17)19)8-14-10-2-3-15(22)16(20)11(10)4-5-21-14;1-22-17-14(18)6-10(7-15(17)19)8-16-13-3-2-12(21)9-11(13)4-5-20-16;1-21-17-14(18)8-11(9-15(17)19)10-16-13-5-3-2-4-12(13)6-7-20-16;;;;;/h5-6,8-10,16,19-21H,3-4,7H2,1-2H3;5-7,9-10,16,19-21H,3-4,8H2,1-2H3;2-3,6-7,14,21-22H,4-5,8H2,1H3;2-3,6-7,9,16,20-21H,4-5,8H2,1H3;2-5,8-9,16,20H,6-7,10H2,1H3;5*1H. The summed E-state index contributed by atoms with van der Waals surface area (Å²) in [5, 5.41) is 76.4. The van der Waals surface area contributed by atoms with Crippen LogP contribution in [0.1, 0.15) is 125 Å². The quantitative estimate of drug-likeness (QED) is 0.0339. The molecule has 15 rings (SSSR count). The van der Waals surface area contributed by atoms with E-state index in [2.05, 4.69) is 283 Å². The first-order valence-corrected chi connectivity index (χ1v) is 44.0. The Kier molecular flexibility index (Phi) is 41.7. The van der Waals surface area contributed by atoms with E-state index in [4.69, 9.17) is 23.7 Å². The lowest BCUT2D eigenvalue weighted by molar-refractivity contribution is 0.391. The summed E-state index contributed by atoms with van der Waals surface area (Å²) in [6.45, 7) is 8.92. The molecule has 0 aromatic heterocycles. The fourth-order valence-corrected chi connectivity index (χ4v) is 23.1. The Bertz CT molecular complexity index is 4840. The molecule has 0 radical (unpaired) electrons. The molecule has 0 bridgehead atoms. The van der Waals surface area contributed by atoms with Gasteiger partial charge in [-0.3, -0.25) is 0 Å². The number of halogens is 12. The van der Waals surface area contributed by atoms with Gasteiger partial charge < -0.3 is 80.9 Å². The van der Waals surface area contributed by atoms with E-state index in [-0.39, 0.29) is 108 Å². The van der Waals surface area contributed by atoms with Crippen molar-refractivity contribution in [3.8, 4) is 63.2 Å². The van der Waals surface area contributed by atoms with Crippen LogP contribution in [0.2, 0.25) is 0 Å². The van der Waals surface area contributed by atoms with E-state index in [1.165, 1.54) is 73.9 Å². The number of aromatic hydroxyl groups is 6. The Labute approximate surface area is 806 Å². The zero-order chi connectivity index (χ0) is 78.4. The second-order valence-corrected chi connectivity index (χ2v) is 36.0. The molecule has 0 spiro atoms. The van der Waals surface area contributed by atoms with Gasteiger partial charge in [-0.2, -0.15) is 0 Å². The molecule has 620 valence electrons. The molecule has 0 saturated carbocycles. The minimum absolute atomic E-state index is 0. The van der Waals surface area contributed by atoms with Crippen LogP contribution in [-0.4, -0.2) is 98.9 Å². The van der Waals surface area contributed by atoms with Crippen molar-refractivity contribution in [2.45, 2.75) is 108 Å². The van der Waals surface area contributed by atoms with Crippen LogP contribution in [0.3, 0.4) is 0 Å². The van der Waals surface area contributed by atoms with E-state index in [0.717, 1.165) is 171 Å². The van der Waals surface area contributed by atoms with Gasteiger partial charge in [0.2, 0.25) is 0 Å². The van der Waals surface area contributed by atoms with Crippen molar-refractivity contribution in [3.05, 3.63) is 271 Å². The molecule has 5 aliphatic heterocycles. The molecule has 28 heteroatoms. The number of phenols is 6. The molecule has 5 heterocycles. The maximum Gasteiger partial charge on any atom is 0.157 e. The molecule has 10 aromatic carbocycles. The SMILES string of the molecule is Br.COc1c(I)cc(CC2NCCc3c2ccc(O)c3I)cc1I.COc1c(I)cc(CC2NCCc3cc(O)ccc32)cc1I.COc1c(I)cc(CC2NCCc3ccccc32)cc1I.COc1cc(CC2NCCc3cc(O)c(O)cc32)cc(OC)c1.Cc1cc(C)cc(CC2NCCc3cc(O)c(O)cc32)c1.Cl.Cl.Cl.Cl. The minimum atomic E-state index is -0.0827. The number of benzene rings is 10. The van der Waals surface area contributed by atoms with Gasteiger partial charge in [0, 0.05) is 36.3 Å². The molecular weight excluding hydrogens is 2400 g/mol.